The van der Waals surface area contributed by atoms with Crippen molar-refractivity contribution in [2.75, 3.05) is 6.61 Å². The fourth-order valence-electron chi connectivity index (χ4n) is 1.13. The Balaban J connectivity index is 2.47. The number of esters is 1. The molecule has 0 aromatic carbocycles. The predicted molar refractivity (Wildman–Crippen MR) is 43.1 cm³/mol. The van der Waals surface area contributed by atoms with Crippen molar-refractivity contribution in [3.63, 3.8) is 0 Å². The van der Waals surface area contributed by atoms with Crippen molar-refractivity contribution in [1.29, 1.82) is 0 Å². The van der Waals surface area contributed by atoms with Crippen LogP contribution in [0, 0.1) is 5.92 Å². The first-order valence-corrected chi connectivity index (χ1v) is 4.13. The molecule has 0 spiro atoms. The molecule has 0 amide bonds. The molecule has 11 heavy (non-hydrogen) atoms. The van der Waals surface area contributed by atoms with Crippen molar-refractivity contribution >= 4 is 5.97 Å². The van der Waals surface area contributed by atoms with Crippen LogP contribution in [0.3, 0.4) is 0 Å². The zero-order chi connectivity index (χ0) is 8.27. The molecule has 2 nitrogen and oxygen atoms in total. The first-order valence-electron chi connectivity index (χ1n) is 4.13. The van der Waals surface area contributed by atoms with Crippen molar-refractivity contribution in [3.8, 4) is 0 Å². The van der Waals surface area contributed by atoms with Gasteiger partial charge in [0.1, 0.15) is 0 Å². The Labute approximate surface area is 67.2 Å². The minimum absolute atomic E-state index is 0.127. The molecule has 1 aliphatic carbocycles. The van der Waals surface area contributed by atoms with E-state index in [4.69, 9.17) is 4.74 Å². The molecule has 1 fully saturated rings. The van der Waals surface area contributed by atoms with Crippen LogP contribution >= 0.6 is 0 Å². The van der Waals surface area contributed by atoms with E-state index in [2.05, 4.69) is 0 Å². The van der Waals surface area contributed by atoms with Crippen LogP contribution in [-0.4, -0.2) is 12.6 Å². The van der Waals surface area contributed by atoms with E-state index in [1.165, 1.54) is 0 Å². The summed E-state index contributed by atoms with van der Waals surface area (Å²) in [5.41, 5.74) is 0.867. The molecular weight excluding hydrogens is 140 g/mol. The number of hydrogen-bond acceptors (Lipinski definition) is 2. The number of allylic oxidation sites excluding steroid dienone is 1. The average Bonchev–Trinajstić information content (AvgIpc) is 2.73. The van der Waals surface area contributed by atoms with E-state index in [9.17, 15) is 4.79 Å². The van der Waals surface area contributed by atoms with Crippen LogP contribution in [0.25, 0.3) is 0 Å². The Morgan fingerprint density at radius 1 is 1.64 bits per heavy atom. The lowest BCUT2D eigenvalue weighted by atomic mass is 10.1. The maximum atomic E-state index is 11.2. The first-order chi connectivity index (χ1) is 5.29. The highest BCUT2D eigenvalue weighted by Crippen LogP contribution is 2.36. The number of carbonyl (C=O) groups excluding carboxylic acids is 1. The lowest BCUT2D eigenvalue weighted by Crippen LogP contribution is -2.08. The van der Waals surface area contributed by atoms with Gasteiger partial charge in [0, 0.05) is 5.57 Å². The first kappa shape index (κ1) is 8.31. The summed E-state index contributed by atoms with van der Waals surface area (Å²) < 4.78 is 4.89. The highest BCUT2D eigenvalue weighted by molar-refractivity contribution is 5.89. The smallest absolute Gasteiger partial charge is 0.333 e. The lowest BCUT2D eigenvalue weighted by molar-refractivity contribution is -0.138. The van der Waals surface area contributed by atoms with Gasteiger partial charge in [-0.25, -0.2) is 4.79 Å². The Hall–Kier alpha value is -0.790. The molecular formula is C9H14O2. The normalized spacial score (nSPS) is 18.2. The molecule has 0 aromatic heterocycles. The third-order valence-corrected chi connectivity index (χ3v) is 1.84. The summed E-state index contributed by atoms with van der Waals surface area (Å²) in [6.45, 7) is 4.20. The predicted octanol–water partition coefficient (Wildman–Crippen LogP) is 1.91. The topological polar surface area (TPSA) is 26.3 Å². The molecule has 0 heterocycles. The fourth-order valence-corrected chi connectivity index (χ4v) is 1.13. The van der Waals surface area contributed by atoms with Crippen molar-refractivity contribution in [3.05, 3.63) is 11.6 Å². The van der Waals surface area contributed by atoms with Crippen LogP contribution < -0.4 is 0 Å². The van der Waals surface area contributed by atoms with Gasteiger partial charge in [-0.15, -0.1) is 0 Å². The van der Waals surface area contributed by atoms with Gasteiger partial charge in [0.2, 0.25) is 0 Å². The van der Waals surface area contributed by atoms with E-state index in [1.807, 2.05) is 19.9 Å². The molecule has 62 valence electrons. The molecule has 0 N–H and O–H groups in total. The van der Waals surface area contributed by atoms with Crippen LogP contribution in [0.4, 0.5) is 0 Å². The Bertz CT molecular complexity index is 178. The van der Waals surface area contributed by atoms with E-state index in [1.54, 1.807) is 0 Å². The van der Waals surface area contributed by atoms with Gasteiger partial charge >= 0.3 is 5.97 Å². The summed E-state index contributed by atoms with van der Waals surface area (Å²) in [4.78, 5) is 11.2. The molecule has 0 aliphatic heterocycles. The van der Waals surface area contributed by atoms with E-state index in [0.29, 0.717) is 12.5 Å². The van der Waals surface area contributed by atoms with E-state index in [0.717, 1.165) is 18.4 Å². The molecule has 1 rings (SSSR count). The highest BCUT2D eigenvalue weighted by Gasteiger charge is 2.30. The average molecular weight is 154 g/mol. The van der Waals surface area contributed by atoms with Crippen molar-refractivity contribution in [1.82, 2.24) is 0 Å². The van der Waals surface area contributed by atoms with Gasteiger partial charge in [-0.2, -0.15) is 0 Å². The monoisotopic (exact) mass is 154 g/mol. The minimum atomic E-state index is -0.127. The van der Waals surface area contributed by atoms with Gasteiger partial charge in [0.15, 0.2) is 0 Å². The molecule has 2 heteroatoms. The molecule has 0 unspecified atom stereocenters. The van der Waals surface area contributed by atoms with Crippen LogP contribution in [0.15, 0.2) is 11.6 Å². The number of carbonyl (C=O) groups is 1. The third kappa shape index (κ3) is 2.07. The lowest BCUT2D eigenvalue weighted by Gasteiger charge is -2.03. The summed E-state index contributed by atoms with van der Waals surface area (Å²) in [5.74, 6) is 0.372. The molecule has 1 aliphatic rings. The van der Waals surface area contributed by atoms with Gasteiger partial charge in [-0.3, -0.25) is 0 Å². The quantitative estimate of drug-likeness (QED) is 0.458. The molecule has 0 saturated heterocycles. The third-order valence-electron chi connectivity index (χ3n) is 1.84. The van der Waals surface area contributed by atoms with Crippen molar-refractivity contribution < 1.29 is 9.53 Å². The Morgan fingerprint density at radius 2 is 2.27 bits per heavy atom. The van der Waals surface area contributed by atoms with Gasteiger partial charge in [0.25, 0.3) is 0 Å². The summed E-state index contributed by atoms with van der Waals surface area (Å²) in [6.07, 6.45) is 4.17. The second-order valence-corrected chi connectivity index (χ2v) is 2.74. The number of ether oxygens (including phenoxy) is 1. The van der Waals surface area contributed by atoms with Crippen molar-refractivity contribution in [2.24, 2.45) is 5.92 Å². The van der Waals surface area contributed by atoms with Crippen LogP contribution in [0.5, 0.6) is 0 Å². The number of rotatable bonds is 3. The molecule has 1 saturated carbocycles. The SMILES string of the molecule is C/C=C(/C(=O)OCC)C1CC1. The maximum absolute atomic E-state index is 11.2. The van der Waals surface area contributed by atoms with Crippen LogP contribution in [-0.2, 0) is 9.53 Å². The summed E-state index contributed by atoms with van der Waals surface area (Å²) in [6, 6.07) is 0. The maximum Gasteiger partial charge on any atom is 0.333 e. The summed E-state index contributed by atoms with van der Waals surface area (Å²) in [5, 5.41) is 0. The zero-order valence-electron chi connectivity index (χ0n) is 7.09. The van der Waals surface area contributed by atoms with Crippen LogP contribution in [0.1, 0.15) is 26.7 Å². The molecule has 0 aromatic rings. The zero-order valence-corrected chi connectivity index (χ0v) is 7.09. The summed E-state index contributed by atoms with van der Waals surface area (Å²) >= 11 is 0. The largest absolute Gasteiger partial charge is 0.463 e. The van der Waals surface area contributed by atoms with Gasteiger partial charge in [-0.1, -0.05) is 6.08 Å². The van der Waals surface area contributed by atoms with E-state index >= 15 is 0 Å². The standard InChI is InChI=1S/C9H14O2/c1-3-8(7-5-6-7)9(10)11-4-2/h3,7H,4-6H2,1-2H3/b8-3+. The van der Waals surface area contributed by atoms with E-state index < -0.39 is 0 Å². The second kappa shape index (κ2) is 3.56. The molecule has 0 radical (unpaired) electrons. The number of hydrogen-bond donors (Lipinski definition) is 0. The van der Waals surface area contributed by atoms with Gasteiger partial charge in [0.05, 0.1) is 6.61 Å². The van der Waals surface area contributed by atoms with Crippen LogP contribution in [0.2, 0.25) is 0 Å². The fraction of sp³-hybridized carbons (Fsp3) is 0.667. The minimum Gasteiger partial charge on any atom is -0.463 e. The van der Waals surface area contributed by atoms with Crippen molar-refractivity contribution in [2.45, 2.75) is 26.7 Å². The van der Waals surface area contributed by atoms with E-state index in [-0.39, 0.29) is 5.97 Å². The summed E-state index contributed by atoms with van der Waals surface area (Å²) in [7, 11) is 0. The highest BCUT2D eigenvalue weighted by atomic mass is 16.5. The molecule has 0 atom stereocenters. The van der Waals surface area contributed by atoms with Gasteiger partial charge < -0.3 is 4.74 Å². The Morgan fingerprint density at radius 3 is 2.64 bits per heavy atom. The second-order valence-electron chi connectivity index (χ2n) is 2.74. The molecule has 0 bridgehead atoms. The Kier molecular flexibility index (Phi) is 2.69. The van der Waals surface area contributed by atoms with Gasteiger partial charge in [-0.05, 0) is 32.6 Å².